The molecule has 0 saturated heterocycles. The molecule has 0 aliphatic heterocycles. The molecule has 1 aromatic heterocycles. The van der Waals surface area contributed by atoms with Crippen LogP contribution < -0.4 is 10.1 Å². The van der Waals surface area contributed by atoms with Gasteiger partial charge in [-0.25, -0.2) is 0 Å². The van der Waals surface area contributed by atoms with Crippen LogP contribution in [0.1, 0.15) is 37.1 Å². The lowest BCUT2D eigenvalue weighted by Gasteiger charge is -2.13. The van der Waals surface area contributed by atoms with Gasteiger partial charge >= 0.3 is 0 Å². The standard InChI is InChI=1S/C16H25N3O2/c1-12-6-9-15(14(18-12)11-17-13-7-8-13)21-10-4-5-16(20)19(2)3/h6,9,13,17H,4-5,7-8,10-11H2,1-3H3. The topological polar surface area (TPSA) is 54.5 Å². The maximum Gasteiger partial charge on any atom is 0.222 e. The summed E-state index contributed by atoms with van der Waals surface area (Å²) >= 11 is 0. The summed E-state index contributed by atoms with van der Waals surface area (Å²) < 4.78 is 5.80. The number of aryl methyl sites for hydroxylation is 1. The molecule has 21 heavy (non-hydrogen) atoms. The van der Waals surface area contributed by atoms with Crippen LogP contribution in [-0.2, 0) is 11.3 Å². The van der Waals surface area contributed by atoms with Crippen LogP contribution in [0.15, 0.2) is 12.1 Å². The first kappa shape index (κ1) is 15.8. The molecule has 0 bridgehead atoms. The summed E-state index contributed by atoms with van der Waals surface area (Å²) in [6.07, 6.45) is 3.76. The van der Waals surface area contributed by atoms with E-state index in [-0.39, 0.29) is 5.91 Å². The number of pyridine rings is 1. The predicted molar refractivity (Wildman–Crippen MR) is 82.3 cm³/mol. The zero-order chi connectivity index (χ0) is 15.2. The first-order valence-corrected chi connectivity index (χ1v) is 7.59. The number of aromatic nitrogens is 1. The highest BCUT2D eigenvalue weighted by atomic mass is 16.5. The van der Waals surface area contributed by atoms with Crippen molar-refractivity contribution in [2.75, 3.05) is 20.7 Å². The van der Waals surface area contributed by atoms with Crippen LogP contribution in [0.4, 0.5) is 0 Å². The van der Waals surface area contributed by atoms with Crippen molar-refractivity contribution < 1.29 is 9.53 Å². The molecule has 1 amide bonds. The lowest BCUT2D eigenvalue weighted by molar-refractivity contribution is -0.128. The van der Waals surface area contributed by atoms with E-state index in [1.807, 2.05) is 19.1 Å². The molecule has 1 aliphatic rings. The fourth-order valence-corrected chi connectivity index (χ4v) is 2.01. The van der Waals surface area contributed by atoms with Gasteiger partial charge < -0.3 is 15.0 Å². The lowest BCUT2D eigenvalue weighted by atomic mass is 10.2. The lowest BCUT2D eigenvalue weighted by Crippen LogP contribution is -2.22. The average Bonchev–Trinajstić information content (AvgIpc) is 3.26. The number of carbonyl (C=O) groups is 1. The smallest absolute Gasteiger partial charge is 0.222 e. The molecule has 1 saturated carbocycles. The minimum Gasteiger partial charge on any atom is -0.492 e. The Morgan fingerprint density at radius 1 is 1.43 bits per heavy atom. The largest absolute Gasteiger partial charge is 0.492 e. The number of amides is 1. The van der Waals surface area contributed by atoms with Gasteiger partial charge in [0.1, 0.15) is 5.75 Å². The van der Waals surface area contributed by atoms with E-state index in [4.69, 9.17) is 4.74 Å². The van der Waals surface area contributed by atoms with Gasteiger partial charge in [0, 0.05) is 38.8 Å². The Balaban J connectivity index is 1.81. The van der Waals surface area contributed by atoms with E-state index in [1.54, 1.807) is 19.0 Å². The van der Waals surface area contributed by atoms with Crippen molar-refractivity contribution in [3.63, 3.8) is 0 Å². The Kier molecular flexibility index (Phi) is 5.56. The number of nitrogens with one attached hydrogen (secondary N) is 1. The number of rotatable bonds is 8. The third kappa shape index (κ3) is 5.34. The molecule has 1 N–H and O–H groups in total. The van der Waals surface area contributed by atoms with E-state index in [2.05, 4.69) is 10.3 Å². The van der Waals surface area contributed by atoms with E-state index in [9.17, 15) is 4.79 Å². The number of nitrogens with zero attached hydrogens (tertiary/aromatic N) is 2. The first-order valence-electron chi connectivity index (χ1n) is 7.59. The van der Waals surface area contributed by atoms with Gasteiger partial charge in [-0.15, -0.1) is 0 Å². The summed E-state index contributed by atoms with van der Waals surface area (Å²) in [5, 5.41) is 3.46. The molecular weight excluding hydrogens is 266 g/mol. The van der Waals surface area contributed by atoms with Crippen molar-refractivity contribution in [3.8, 4) is 5.75 Å². The fraction of sp³-hybridized carbons (Fsp3) is 0.625. The van der Waals surface area contributed by atoms with Gasteiger partial charge in [-0.2, -0.15) is 0 Å². The van der Waals surface area contributed by atoms with Crippen molar-refractivity contribution in [1.29, 1.82) is 0 Å². The Hall–Kier alpha value is -1.62. The molecule has 1 aromatic rings. The highest BCUT2D eigenvalue weighted by Crippen LogP contribution is 2.22. The van der Waals surface area contributed by atoms with Gasteiger partial charge in [-0.3, -0.25) is 9.78 Å². The van der Waals surface area contributed by atoms with E-state index >= 15 is 0 Å². The number of ether oxygens (including phenoxy) is 1. The van der Waals surface area contributed by atoms with Crippen molar-refractivity contribution in [3.05, 3.63) is 23.5 Å². The van der Waals surface area contributed by atoms with Gasteiger partial charge in [-0.1, -0.05) is 0 Å². The van der Waals surface area contributed by atoms with Crippen LogP contribution >= 0.6 is 0 Å². The zero-order valence-electron chi connectivity index (χ0n) is 13.2. The molecule has 5 heteroatoms. The summed E-state index contributed by atoms with van der Waals surface area (Å²) in [5.41, 5.74) is 1.96. The van der Waals surface area contributed by atoms with E-state index in [0.717, 1.165) is 30.1 Å². The van der Waals surface area contributed by atoms with Crippen LogP contribution in [0.25, 0.3) is 0 Å². The van der Waals surface area contributed by atoms with Gasteiger partial charge in [0.25, 0.3) is 0 Å². The van der Waals surface area contributed by atoms with Crippen molar-refractivity contribution >= 4 is 5.91 Å². The van der Waals surface area contributed by atoms with Gasteiger partial charge in [-0.05, 0) is 38.3 Å². The number of hydrogen-bond donors (Lipinski definition) is 1. The first-order chi connectivity index (χ1) is 10.1. The second-order valence-electron chi connectivity index (χ2n) is 5.79. The molecule has 0 radical (unpaired) electrons. The quantitative estimate of drug-likeness (QED) is 0.743. The Labute approximate surface area is 126 Å². The molecular formula is C16H25N3O2. The summed E-state index contributed by atoms with van der Waals surface area (Å²) in [6.45, 7) is 3.28. The van der Waals surface area contributed by atoms with Crippen LogP contribution in [0.2, 0.25) is 0 Å². The molecule has 0 atom stereocenters. The number of carbonyl (C=O) groups excluding carboxylic acids is 1. The second-order valence-corrected chi connectivity index (χ2v) is 5.79. The van der Waals surface area contributed by atoms with Gasteiger partial charge in [0.15, 0.2) is 0 Å². The van der Waals surface area contributed by atoms with Crippen LogP contribution in [0.3, 0.4) is 0 Å². The highest BCUT2D eigenvalue weighted by Gasteiger charge is 2.21. The highest BCUT2D eigenvalue weighted by molar-refractivity contribution is 5.75. The maximum atomic E-state index is 11.5. The molecule has 0 aromatic carbocycles. The monoisotopic (exact) mass is 291 g/mol. The molecule has 0 unspecified atom stereocenters. The Morgan fingerprint density at radius 2 is 2.19 bits per heavy atom. The predicted octanol–water partition coefficient (Wildman–Crippen LogP) is 1.89. The molecule has 116 valence electrons. The molecule has 0 spiro atoms. The van der Waals surface area contributed by atoms with E-state index in [1.165, 1.54) is 12.8 Å². The zero-order valence-corrected chi connectivity index (χ0v) is 13.2. The Bertz CT molecular complexity index is 484. The van der Waals surface area contributed by atoms with Crippen LogP contribution in [-0.4, -0.2) is 42.5 Å². The third-order valence-corrected chi connectivity index (χ3v) is 3.50. The minimum atomic E-state index is 0.135. The van der Waals surface area contributed by atoms with Crippen molar-refractivity contribution in [1.82, 2.24) is 15.2 Å². The maximum absolute atomic E-state index is 11.5. The van der Waals surface area contributed by atoms with Gasteiger partial charge in [0.2, 0.25) is 5.91 Å². The minimum absolute atomic E-state index is 0.135. The van der Waals surface area contributed by atoms with Crippen molar-refractivity contribution in [2.24, 2.45) is 0 Å². The average molecular weight is 291 g/mol. The van der Waals surface area contributed by atoms with Crippen LogP contribution in [0, 0.1) is 6.92 Å². The van der Waals surface area contributed by atoms with Crippen LogP contribution in [0.5, 0.6) is 5.75 Å². The molecule has 1 aliphatic carbocycles. The summed E-state index contributed by atoms with van der Waals surface area (Å²) in [5.74, 6) is 0.960. The third-order valence-electron chi connectivity index (χ3n) is 3.50. The summed E-state index contributed by atoms with van der Waals surface area (Å²) in [6, 6.07) is 4.58. The normalized spacial score (nSPS) is 14.0. The SMILES string of the molecule is Cc1ccc(OCCCC(=O)N(C)C)c(CNC2CC2)n1. The summed E-state index contributed by atoms with van der Waals surface area (Å²) in [4.78, 5) is 17.7. The van der Waals surface area contributed by atoms with E-state index < -0.39 is 0 Å². The Morgan fingerprint density at radius 3 is 2.86 bits per heavy atom. The second kappa shape index (κ2) is 7.41. The molecule has 1 fully saturated rings. The molecule has 1 heterocycles. The van der Waals surface area contributed by atoms with Crippen molar-refractivity contribution in [2.45, 2.75) is 45.2 Å². The summed E-state index contributed by atoms with van der Waals surface area (Å²) in [7, 11) is 3.55. The number of hydrogen-bond acceptors (Lipinski definition) is 4. The van der Waals surface area contributed by atoms with Gasteiger partial charge in [0.05, 0.1) is 12.3 Å². The van der Waals surface area contributed by atoms with E-state index in [0.29, 0.717) is 19.1 Å². The molecule has 5 nitrogen and oxygen atoms in total. The molecule has 2 rings (SSSR count). The fourth-order valence-electron chi connectivity index (χ4n) is 2.01.